The molecular formula is C13H21ClN4. The Morgan fingerprint density at radius 3 is 2.83 bits per heavy atom. The molecule has 1 aromatic heterocycles. The zero-order valence-corrected chi connectivity index (χ0v) is 11.7. The predicted octanol–water partition coefficient (Wildman–Crippen LogP) is 3.34. The molecule has 3 N–H and O–H groups in total. The van der Waals surface area contributed by atoms with Gasteiger partial charge >= 0.3 is 0 Å². The molecule has 2 rings (SSSR count). The Morgan fingerprint density at radius 2 is 2.11 bits per heavy atom. The Labute approximate surface area is 113 Å². The molecule has 1 fully saturated rings. The summed E-state index contributed by atoms with van der Waals surface area (Å²) in [5.74, 6) is 2.01. The van der Waals surface area contributed by atoms with Gasteiger partial charge in [0.2, 0.25) is 5.28 Å². The van der Waals surface area contributed by atoms with Gasteiger partial charge in [0, 0.05) is 6.04 Å². The number of halogens is 1. The van der Waals surface area contributed by atoms with Gasteiger partial charge in [0.1, 0.15) is 0 Å². The van der Waals surface area contributed by atoms with Crippen molar-refractivity contribution in [2.24, 2.45) is 11.8 Å². The zero-order valence-electron chi connectivity index (χ0n) is 11.0. The highest BCUT2D eigenvalue weighted by atomic mass is 35.5. The van der Waals surface area contributed by atoms with Crippen LogP contribution in [0.2, 0.25) is 5.28 Å². The fourth-order valence-electron chi connectivity index (χ4n) is 2.80. The summed E-state index contributed by atoms with van der Waals surface area (Å²) in [5, 5.41) is 3.70. The van der Waals surface area contributed by atoms with Crippen molar-refractivity contribution < 1.29 is 0 Å². The Bertz CT molecular complexity index is 408. The van der Waals surface area contributed by atoms with Gasteiger partial charge in [-0.2, -0.15) is 4.98 Å². The van der Waals surface area contributed by atoms with Crippen LogP contribution in [0, 0.1) is 11.8 Å². The third-order valence-electron chi connectivity index (χ3n) is 3.79. The van der Waals surface area contributed by atoms with Crippen LogP contribution < -0.4 is 11.1 Å². The SMILES string of the molecule is CC(C)C1CCCCC1Nc1nc(Cl)ncc1N. The minimum absolute atomic E-state index is 0.239. The quantitative estimate of drug-likeness (QED) is 0.826. The summed E-state index contributed by atoms with van der Waals surface area (Å²) in [4.78, 5) is 8.05. The third kappa shape index (κ3) is 3.05. The molecule has 1 saturated carbocycles. The molecule has 100 valence electrons. The molecule has 1 aromatic rings. The highest BCUT2D eigenvalue weighted by Gasteiger charge is 2.28. The predicted molar refractivity (Wildman–Crippen MR) is 75.7 cm³/mol. The number of nitrogens with one attached hydrogen (secondary N) is 1. The van der Waals surface area contributed by atoms with E-state index in [1.807, 2.05) is 0 Å². The van der Waals surface area contributed by atoms with E-state index in [1.165, 1.54) is 25.7 Å². The summed E-state index contributed by atoms with van der Waals surface area (Å²) >= 11 is 5.82. The van der Waals surface area contributed by atoms with Crippen molar-refractivity contribution >= 4 is 23.1 Å². The molecule has 5 heteroatoms. The van der Waals surface area contributed by atoms with E-state index >= 15 is 0 Å². The number of anilines is 2. The van der Waals surface area contributed by atoms with Crippen molar-refractivity contribution in [3.05, 3.63) is 11.5 Å². The number of nitrogens with zero attached hydrogens (tertiary/aromatic N) is 2. The average Bonchev–Trinajstić information content (AvgIpc) is 2.34. The molecule has 0 aromatic carbocycles. The summed E-state index contributed by atoms with van der Waals surface area (Å²) in [7, 11) is 0. The second-order valence-electron chi connectivity index (χ2n) is 5.39. The van der Waals surface area contributed by atoms with E-state index in [1.54, 1.807) is 6.20 Å². The van der Waals surface area contributed by atoms with Crippen LogP contribution in [-0.2, 0) is 0 Å². The van der Waals surface area contributed by atoms with Crippen LogP contribution >= 0.6 is 11.6 Å². The van der Waals surface area contributed by atoms with Gasteiger partial charge in [-0.3, -0.25) is 0 Å². The van der Waals surface area contributed by atoms with E-state index in [4.69, 9.17) is 17.3 Å². The van der Waals surface area contributed by atoms with Crippen LogP contribution in [-0.4, -0.2) is 16.0 Å². The van der Waals surface area contributed by atoms with Crippen LogP contribution in [0.1, 0.15) is 39.5 Å². The normalized spacial score (nSPS) is 24.2. The molecule has 0 radical (unpaired) electrons. The monoisotopic (exact) mass is 268 g/mol. The number of hydrogen-bond donors (Lipinski definition) is 2. The first kappa shape index (κ1) is 13.4. The largest absolute Gasteiger partial charge is 0.394 e. The zero-order chi connectivity index (χ0) is 13.1. The van der Waals surface area contributed by atoms with Crippen molar-refractivity contribution in [3.8, 4) is 0 Å². The molecule has 1 aliphatic carbocycles. The molecule has 1 heterocycles. The lowest BCUT2D eigenvalue weighted by Gasteiger charge is -2.35. The van der Waals surface area contributed by atoms with E-state index in [0.29, 0.717) is 29.4 Å². The smallest absolute Gasteiger partial charge is 0.224 e. The van der Waals surface area contributed by atoms with Crippen LogP contribution in [0.4, 0.5) is 11.5 Å². The van der Waals surface area contributed by atoms with E-state index in [0.717, 1.165) is 0 Å². The molecule has 4 nitrogen and oxygen atoms in total. The standard InChI is InChI=1S/C13H21ClN4/c1-8(2)9-5-3-4-6-11(9)17-12-10(15)7-16-13(14)18-12/h7-9,11H,3-6,15H2,1-2H3,(H,16,17,18). The van der Waals surface area contributed by atoms with Crippen molar-refractivity contribution in [2.45, 2.75) is 45.6 Å². The van der Waals surface area contributed by atoms with Crippen LogP contribution in [0.5, 0.6) is 0 Å². The van der Waals surface area contributed by atoms with Crippen molar-refractivity contribution in [2.75, 3.05) is 11.1 Å². The minimum atomic E-state index is 0.239. The number of hydrogen-bond acceptors (Lipinski definition) is 4. The molecule has 0 aliphatic heterocycles. The maximum Gasteiger partial charge on any atom is 0.224 e. The van der Waals surface area contributed by atoms with Gasteiger partial charge in [0.05, 0.1) is 11.9 Å². The van der Waals surface area contributed by atoms with Crippen molar-refractivity contribution in [1.29, 1.82) is 0 Å². The average molecular weight is 269 g/mol. The second-order valence-corrected chi connectivity index (χ2v) is 5.72. The molecule has 0 amide bonds. The van der Waals surface area contributed by atoms with Crippen molar-refractivity contribution in [1.82, 2.24) is 9.97 Å². The number of rotatable bonds is 3. The van der Waals surface area contributed by atoms with Gasteiger partial charge in [0.25, 0.3) is 0 Å². The summed E-state index contributed by atoms with van der Waals surface area (Å²) in [6.07, 6.45) is 6.59. The molecular weight excluding hydrogens is 248 g/mol. The lowest BCUT2D eigenvalue weighted by atomic mass is 9.78. The van der Waals surface area contributed by atoms with Gasteiger partial charge in [-0.05, 0) is 36.3 Å². The summed E-state index contributed by atoms with van der Waals surface area (Å²) in [5.41, 5.74) is 6.44. The minimum Gasteiger partial charge on any atom is -0.394 e. The Kier molecular flexibility index (Phi) is 4.27. The molecule has 1 aliphatic rings. The Balaban J connectivity index is 2.13. The van der Waals surface area contributed by atoms with Crippen LogP contribution in [0.25, 0.3) is 0 Å². The Morgan fingerprint density at radius 1 is 1.39 bits per heavy atom. The maximum absolute atomic E-state index is 5.88. The molecule has 0 saturated heterocycles. The highest BCUT2D eigenvalue weighted by molar-refractivity contribution is 6.28. The number of nitrogen functional groups attached to an aromatic ring is 1. The topological polar surface area (TPSA) is 63.8 Å². The lowest BCUT2D eigenvalue weighted by Crippen LogP contribution is -2.35. The lowest BCUT2D eigenvalue weighted by molar-refractivity contribution is 0.253. The molecule has 0 bridgehead atoms. The van der Waals surface area contributed by atoms with Gasteiger partial charge in [-0.25, -0.2) is 4.98 Å². The van der Waals surface area contributed by atoms with E-state index in [9.17, 15) is 0 Å². The van der Waals surface area contributed by atoms with Crippen LogP contribution in [0.15, 0.2) is 6.20 Å². The first-order valence-corrected chi connectivity index (χ1v) is 7.00. The van der Waals surface area contributed by atoms with E-state index in [2.05, 4.69) is 29.1 Å². The fourth-order valence-corrected chi connectivity index (χ4v) is 2.93. The maximum atomic E-state index is 5.88. The first-order chi connectivity index (χ1) is 8.58. The first-order valence-electron chi connectivity index (χ1n) is 6.62. The molecule has 2 unspecified atom stereocenters. The molecule has 0 spiro atoms. The van der Waals surface area contributed by atoms with Crippen LogP contribution in [0.3, 0.4) is 0 Å². The fraction of sp³-hybridized carbons (Fsp3) is 0.692. The van der Waals surface area contributed by atoms with Gasteiger partial charge in [-0.15, -0.1) is 0 Å². The second kappa shape index (κ2) is 5.74. The number of nitrogens with two attached hydrogens (primary N) is 1. The molecule has 18 heavy (non-hydrogen) atoms. The third-order valence-corrected chi connectivity index (χ3v) is 3.97. The van der Waals surface area contributed by atoms with Gasteiger partial charge in [0.15, 0.2) is 5.82 Å². The molecule has 2 atom stereocenters. The van der Waals surface area contributed by atoms with Gasteiger partial charge < -0.3 is 11.1 Å². The van der Waals surface area contributed by atoms with E-state index < -0.39 is 0 Å². The summed E-state index contributed by atoms with van der Waals surface area (Å²) in [6, 6.07) is 0.437. The van der Waals surface area contributed by atoms with Crippen molar-refractivity contribution in [3.63, 3.8) is 0 Å². The highest BCUT2D eigenvalue weighted by Crippen LogP contribution is 2.32. The summed E-state index contributed by atoms with van der Waals surface area (Å²) < 4.78 is 0. The number of aromatic nitrogens is 2. The van der Waals surface area contributed by atoms with Gasteiger partial charge in [-0.1, -0.05) is 26.7 Å². The Hall–Kier alpha value is -1.03. The van der Waals surface area contributed by atoms with E-state index in [-0.39, 0.29) is 5.28 Å². The summed E-state index contributed by atoms with van der Waals surface area (Å²) in [6.45, 7) is 4.56.